The van der Waals surface area contributed by atoms with Gasteiger partial charge in [-0.25, -0.2) is 9.67 Å². The molecule has 0 radical (unpaired) electrons. The molecule has 1 aromatic carbocycles. The highest BCUT2D eigenvalue weighted by atomic mass is 79.9. The SMILES string of the molecule is COc1ccc(-c2nn(-c3ccc(Br)cn3)cc2N)cc1. The Kier molecular flexibility index (Phi) is 3.62. The molecule has 0 saturated carbocycles. The topological polar surface area (TPSA) is 66.0 Å². The van der Waals surface area contributed by atoms with Crippen molar-refractivity contribution < 1.29 is 4.74 Å². The van der Waals surface area contributed by atoms with Gasteiger partial charge in [-0.1, -0.05) is 0 Å². The van der Waals surface area contributed by atoms with E-state index in [4.69, 9.17) is 10.5 Å². The molecule has 0 aliphatic rings. The normalized spacial score (nSPS) is 10.6. The molecule has 106 valence electrons. The van der Waals surface area contributed by atoms with Crippen molar-refractivity contribution in [2.75, 3.05) is 12.8 Å². The molecule has 3 aromatic rings. The van der Waals surface area contributed by atoms with Crippen LogP contribution in [0.2, 0.25) is 0 Å². The fourth-order valence-electron chi connectivity index (χ4n) is 1.98. The van der Waals surface area contributed by atoms with Gasteiger partial charge in [-0.05, 0) is 52.3 Å². The summed E-state index contributed by atoms with van der Waals surface area (Å²) in [6.45, 7) is 0. The molecular formula is C15H13BrN4O. The Morgan fingerprint density at radius 3 is 2.52 bits per heavy atom. The zero-order valence-electron chi connectivity index (χ0n) is 11.3. The number of hydrogen-bond donors (Lipinski definition) is 1. The lowest BCUT2D eigenvalue weighted by atomic mass is 10.1. The minimum Gasteiger partial charge on any atom is -0.497 e. The molecule has 2 aromatic heterocycles. The van der Waals surface area contributed by atoms with E-state index in [1.807, 2.05) is 36.4 Å². The summed E-state index contributed by atoms with van der Waals surface area (Å²) in [5.74, 6) is 1.51. The van der Waals surface area contributed by atoms with Crippen LogP contribution in [0.3, 0.4) is 0 Å². The molecule has 2 N–H and O–H groups in total. The number of pyridine rings is 1. The number of hydrogen-bond acceptors (Lipinski definition) is 4. The fourth-order valence-corrected chi connectivity index (χ4v) is 2.22. The zero-order chi connectivity index (χ0) is 14.8. The van der Waals surface area contributed by atoms with Crippen LogP contribution < -0.4 is 10.5 Å². The summed E-state index contributed by atoms with van der Waals surface area (Å²) >= 11 is 3.36. The van der Waals surface area contributed by atoms with Crippen molar-refractivity contribution in [2.45, 2.75) is 0 Å². The molecule has 5 nitrogen and oxygen atoms in total. The quantitative estimate of drug-likeness (QED) is 0.791. The van der Waals surface area contributed by atoms with Crippen LogP contribution in [0.15, 0.2) is 53.3 Å². The molecule has 21 heavy (non-hydrogen) atoms. The Hall–Kier alpha value is -2.34. The van der Waals surface area contributed by atoms with Crippen molar-refractivity contribution in [3.63, 3.8) is 0 Å². The van der Waals surface area contributed by atoms with Gasteiger partial charge in [-0.3, -0.25) is 0 Å². The van der Waals surface area contributed by atoms with E-state index in [2.05, 4.69) is 26.0 Å². The van der Waals surface area contributed by atoms with Gasteiger partial charge in [-0.2, -0.15) is 5.10 Å². The second-order valence-electron chi connectivity index (χ2n) is 4.44. The summed E-state index contributed by atoms with van der Waals surface area (Å²) in [6, 6.07) is 11.4. The van der Waals surface area contributed by atoms with Gasteiger partial charge in [0, 0.05) is 16.2 Å². The molecule has 0 fully saturated rings. The average molecular weight is 345 g/mol. The third-order valence-electron chi connectivity index (χ3n) is 3.05. The maximum Gasteiger partial charge on any atom is 0.153 e. The van der Waals surface area contributed by atoms with Crippen molar-refractivity contribution in [1.29, 1.82) is 0 Å². The van der Waals surface area contributed by atoms with Crippen LogP contribution >= 0.6 is 15.9 Å². The first-order valence-electron chi connectivity index (χ1n) is 6.29. The molecule has 0 unspecified atom stereocenters. The number of ether oxygens (including phenoxy) is 1. The van der Waals surface area contributed by atoms with E-state index < -0.39 is 0 Å². The predicted molar refractivity (Wildman–Crippen MR) is 85.5 cm³/mol. The number of anilines is 1. The first-order chi connectivity index (χ1) is 10.2. The standard InChI is InChI=1S/C15H13BrN4O/c1-21-12-5-2-10(3-6-12)15-13(17)9-20(19-15)14-7-4-11(16)8-18-14/h2-9H,17H2,1H3. The number of benzene rings is 1. The fraction of sp³-hybridized carbons (Fsp3) is 0.0667. The van der Waals surface area contributed by atoms with Crippen molar-refractivity contribution >= 4 is 21.6 Å². The Morgan fingerprint density at radius 1 is 1.14 bits per heavy atom. The van der Waals surface area contributed by atoms with Crippen LogP contribution in [-0.4, -0.2) is 21.9 Å². The molecular weight excluding hydrogens is 332 g/mol. The van der Waals surface area contributed by atoms with Crippen molar-refractivity contribution in [2.24, 2.45) is 0 Å². The van der Waals surface area contributed by atoms with Crippen molar-refractivity contribution in [1.82, 2.24) is 14.8 Å². The summed E-state index contributed by atoms with van der Waals surface area (Å²) < 4.78 is 7.74. The van der Waals surface area contributed by atoms with E-state index in [-0.39, 0.29) is 0 Å². The van der Waals surface area contributed by atoms with E-state index in [0.717, 1.165) is 21.5 Å². The van der Waals surface area contributed by atoms with Crippen LogP contribution in [0, 0.1) is 0 Å². The molecule has 3 rings (SSSR count). The predicted octanol–water partition coefficient (Wildman–Crippen LogP) is 3.29. The van der Waals surface area contributed by atoms with Crippen LogP contribution in [0.5, 0.6) is 5.75 Å². The molecule has 0 aliphatic heterocycles. The van der Waals surface area contributed by atoms with Crippen molar-refractivity contribution in [3.8, 4) is 22.8 Å². The number of nitrogens with two attached hydrogens (primary N) is 1. The number of aromatic nitrogens is 3. The maximum absolute atomic E-state index is 6.06. The van der Waals surface area contributed by atoms with Crippen LogP contribution in [0.4, 0.5) is 5.69 Å². The lowest BCUT2D eigenvalue weighted by Crippen LogP contribution is -1.97. The highest BCUT2D eigenvalue weighted by molar-refractivity contribution is 9.10. The monoisotopic (exact) mass is 344 g/mol. The number of rotatable bonds is 3. The Balaban J connectivity index is 1.98. The maximum atomic E-state index is 6.06. The molecule has 0 saturated heterocycles. The van der Waals surface area contributed by atoms with E-state index >= 15 is 0 Å². The molecule has 6 heteroatoms. The van der Waals surface area contributed by atoms with Gasteiger partial charge in [-0.15, -0.1) is 0 Å². The van der Waals surface area contributed by atoms with E-state index in [1.54, 1.807) is 24.2 Å². The molecule has 0 spiro atoms. The number of methoxy groups -OCH3 is 1. The lowest BCUT2D eigenvalue weighted by molar-refractivity contribution is 0.415. The molecule has 0 amide bonds. The first kappa shape index (κ1) is 13.6. The van der Waals surface area contributed by atoms with Gasteiger partial charge < -0.3 is 10.5 Å². The lowest BCUT2D eigenvalue weighted by Gasteiger charge is -2.02. The van der Waals surface area contributed by atoms with Gasteiger partial charge in [0.25, 0.3) is 0 Å². The van der Waals surface area contributed by atoms with Gasteiger partial charge >= 0.3 is 0 Å². The van der Waals surface area contributed by atoms with E-state index in [0.29, 0.717) is 11.5 Å². The van der Waals surface area contributed by atoms with E-state index in [9.17, 15) is 0 Å². The summed E-state index contributed by atoms with van der Waals surface area (Å²) in [4.78, 5) is 4.30. The van der Waals surface area contributed by atoms with E-state index in [1.165, 1.54) is 0 Å². The molecule has 0 aliphatic carbocycles. The first-order valence-corrected chi connectivity index (χ1v) is 7.08. The van der Waals surface area contributed by atoms with Crippen LogP contribution in [0.1, 0.15) is 0 Å². The zero-order valence-corrected chi connectivity index (χ0v) is 12.9. The second-order valence-corrected chi connectivity index (χ2v) is 5.36. The Morgan fingerprint density at radius 2 is 1.90 bits per heavy atom. The Labute approximate surface area is 130 Å². The number of halogens is 1. The smallest absolute Gasteiger partial charge is 0.153 e. The number of nitrogens with zero attached hydrogens (tertiary/aromatic N) is 3. The van der Waals surface area contributed by atoms with Crippen LogP contribution in [-0.2, 0) is 0 Å². The van der Waals surface area contributed by atoms with Gasteiger partial charge in [0.2, 0.25) is 0 Å². The summed E-state index contributed by atoms with van der Waals surface area (Å²) in [7, 11) is 1.64. The highest BCUT2D eigenvalue weighted by Crippen LogP contribution is 2.26. The number of nitrogen functional groups attached to an aromatic ring is 1. The van der Waals surface area contributed by atoms with Gasteiger partial charge in [0.15, 0.2) is 5.82 Å². The largest absolute Gasteiger partial charge is 0.497 e. The third-order valence-corrected chi connectivity index (χ3v) is 3.52. The summed E-state index contributed by atoms with van der Waals surface area (Å²) in [6.07, 6.45) is 3.48. The average Bonchev–Trinajstić information content (AvgIpc) is 2.90. The minimum absolute atomic E-state index is 0.602. The van der Waals surface area contributed by atoms with Gasteiger partial charge in [0.05, 0.1) is 19.0 Å². The van der Waals surface area contributed by atoms with Gasteiger partial charge in [0.1, 0.15) is 11.4 Å². The third kappa shape index (κ3) is 2.75. The molecule has 2 heterocycles. The minimum atomic E-state index is 0.602. The highest BCUT2D eigenvalue weighted by Gasteiger charge is 2.10. The molecule has 0 atom stereocenters. The Bertz CT molecular complexity index is 750. The van der Waals surface area contributed by atoms with Crippen LogP contribution in [0.25, 0.3) is 17.1 Å². The summed E-state index contributed by atoms with van der Waals surface area (Å²) in [5, 5.41) is 4.51. The second kappa shape index (κ2) is 5.57. The summed E-state index contributed by atoms with van der Waals surface area (Å²) in [5.41, 5.74) is 8.32. The molecule has 0 bridgehead atoms. The van der Waals surface area contributed by atoms with Crippen molar-refractivity contribution in [3.05, 3.63) is 53.3 Å².